The molecule has 0 radical (unpaired) electrons. The summed E-state index contributed by atoms with van der Waals surface area (Å²) in [7, 11) is 3.34. The summed E-state index contributed by atoms with van der Waals surface area (Å²) in [6.45, 7) is 5.86. The zero-order valence-corrected chi connectivity index (χ0v) is 11.8. The molecular formula is C13H25NO4. The van der Waals surface area contributed by atoms with Gasteiger partial charge in [0.05, 0.1) is 17.6 Å². The van der Waals surface area contributed by atoms with E-state index >= 15 is 0 Å². The maximum absolute atomic E-state index is 11.4. The van der Waals surface area contributed by atoms with Crippen LogP contribution in [0.2, 0.25) is 0 Å². The lowest BCUT2D eigenvalue weighted by Gasteiger charge is -2.29. The number of carbonyl (C=O) groups is 1. The van der Waals surface area contributed by atoms with Crippen LogP contribution in [0.15, 0.2) is 0 Å². The topological polar surface area (TPSA) is 59.0 Å². The van der Waals surface area contributed by atoms with Crippen molar-refractivity contribution in [3.63, 3.8) is 0 Å². The Morgan fingerprint density at radius 1 is 1.33 bits per heavy atom. The fraction of sp³-hybridized carbons (Fsp3) is 0.923. The molecule has 0 aromatic carbocycles. The van der Waals surface area contributed by atoms with E-state index < -0.39 is 11.4 Å². The van der Waals surface area contributed by atoms with Crippen LogP contribution in [0, 0.1) is 5.41 Å². The van der Waals surface area contributed by atoms with Crippen molar-refractivity contribution in [2.24, 2.45) is 5.41 Å². The lowest BCUT2D eigenvalue weighted by Crippen LogP contribution is -2.40. The predicted octanol–water partition coefficient (Wildman–Crippen LogP) is 1.22. The summed E-state index contributed by atoms with van der Waals surface area (Å²) >= 11 is 0. The Morgan fingerprint density at radius 3 is 2.17 bits per heavy atom. The third-order valence-corrected chi connectivity index (χ3v) is 3.79. The Kier molecular flexibility index (Phi) is 5.56. The lowest BCUT2D eigenvalue weighted by atomic mass is 9.85. The number of carboxylic acid groups (broad SMARTS) is 1. The summed E-state index contributed by atoms with van der Waals surface area (Å²) in [6.07, 6.45) is 1.64. The van der Waals surface area contributed by atoms with Gasteiger partial charge >= 0.3 is 5.97 Å². The van der Waals surface area contributed by atoms with E-state index in [-0.39, 0.29) is 12.2 Å². The molecule has 3 unspecified atom stereocenters. The Hall–Kier alpha value is -0.650. The van der Waals surface area contributed by atoms with Crippen molar-refractivity contribution in [3.05, 3.63) is 0 Å². The van der Waals surface area contributed by atoms with Crippen LogP contribution in [0.4, 0.5) is 0 Å². The van der Waals surface area contributed by atoms with Crippen molar-refractivity contribution < 1.29 is 19.4 Å². The first kappa shape index (κ1) is 15.4. The first-order chi connectivity index (χ1) is 8.46. The minimum absolute atomic E-state index is 0.0367. The second-order valence-electron chi connectivity index (χ2n) is 5.36. The minimum atomic E-state index is -0.723. The summed E-state index contributed by atoms with van der Waals surface area (Å²) in [5, 5.41) is 9.38. The number of rotatable bonds is 7. The Morgan fingerprint density at radius 2 is 1.83 bits per heavy atom. The van der Waals surface area contributed by atoms with E-state index in [0.717, 1.165) is 19.5 Å². The van der Waals surface area contributed by atoms with Gasteiger partial charge in [0.2, 0.25) is 0 Å². The first-order valence-electron chi connectivity index (χ1n) is 6.48. The molecular weight excluding hydrogens is 234 g/mol. The van der Waals surface area contributed by atoms with Crippen molar-refractivity contribution in [2.45, 2.75) is 38.9 Å². The Labute approximate surface area is 109 Å². The Bertz CT molecular complexity index is 272. The maximum atomic E-state index is 11.4. The first-order valence-corrected chi connectivity index (χ1v) is 6.48. The molecule has 1 saturated heterocycles. The van der Waals surface area contributed by atoms with E-state index in [1.165, 1.54) is 0 Å². The molecule has 1 heterocycles. The number of methoxy groups -OCH3 is 2. The zero-order valence-electron chi connectivity index (χ0n) is 11.8. The molecule has 1 fully saturated rings. The molecule has 1 N–H and O–H groups in total. The molecule has 3 atom stereocenters. The highest BCUT2D eigenvalue weighted by Crippen LogP contribution is 2.27. The van der Waals surface area contributed by atoms with Crippen LogP contribution in [-0.4, -0.2) is 62.0 Å². The van der Waals surface area contributed by atoms with Gasteiger partial charge in [0.1, 0.15) is 0 Å². The van der Waals surface area contributed by atoms with Crippen LogP contribution < -0.4 is 0 Å². The Balaban J connectivity index is 2.64. The summed E-state index contributed by atoms with van der Waals surface area (Å²) in [5.74, 6) is -0.723. The molecule has 106 valence electrons. The fourth-order valence-electron chi connectivity index (χ4n) is 2.70. The maximum Gasteiger partial charge on any atom is 0.310 e. The van der Waals surface area contributed by atoms with Crippen LogP contribution in [0.3, 0.4) is 0 Å². The average Bonchev–Trinajstić information content (AvgIpc) is 2.71. The summed E-state index contributed by atoms with van der Waals surface area (Å²) in [6, 6.07) is 0. The van der Waals surface area contributed by atoms with E-state index in [2.05, 4.69) is 4.90 Å². The number of hydrogen-bond donors (Lipinski definition) is 1. The number of nitrogens with zero attached hydrogens (tertiary/aromatic N) is 1. The van der Waals surface area contributed by atoms with Crippen molar-refractivity contribution in [1.82, 2.24) is 4.90 Å². The molecule has 0 bridgehead atoms. The number of aliphatic carboxylic acids is 1. The standard InChI is InChI=1S/C13H25NO4/c1-5-6-13(2,12(15)16)9-14-7-10(17-3)11(8-14)18-4/h10-11H,5-9H2,1-4H3,(H,15,16). The van der Waals surface area contributed by atoms with Gasteiger partial charge in [0, 0.05) is 33.9 Å². The molecule has 18 heavy (non-hydrogen) atoms. The minimum Gasteiger partial charge on any atom is -0.481 e. The summed E-state index contributed by atoms with van der Waals surface area (Å²) in [5.41, 5.74) is -0.685. The van der Waals surface area contributed by atoms with Crippen LogP contribution in [0.1, 0.15) is 26.7 Å². The van der Waals surface area contributed by atoms with E-state index in [4.69, 9.17) is 9.47 Å². The summed E-state index contributed by atoms with van der Waals surface area (Å²) in [4.78, 5) is 13.5. The third-order valence-electron chi connectivity index (χ3n) is 3.79. The van der Waals surface area contributed by atoms with E-state index in [0.29, 0.717) is 13.0 Å². The molecule has 0 saturated carbocycles. The highest BCUT2D eigenvalue weighted by atomic mass is 16.5. The normalized spacial score (nSPS) is 28.2. The van der Waals surface area contributed by atoms with Gasteiger partial charge in [-0.3, -0.25) is 9.69 Å². The van der Waals surface area contributed by atoms with Gasteiger partial charge in [-0.25, -0.2) is 0 Å². The number of carboxylic acids is 1. The third kappa shape index (κ3) is 3.43. The van der Waals surface area contributed by atoms with Crippen molar-refractivity contribution in [1.29, 1.82) is 0 Å². The molecule has 1 rings (SSSR count). The molecule has 0 aromatic heterocycles. The SMILES string of the molecule is CCCC(C)(CN1CC(OC)C(OC)C1)C(=O)O. The summed E-state index contributed by atoms with van der Waals surface area (Å²) < 4.78 is 10.7. The number of hydrogen-bond acceptors (Lipinski definition) is 4. The van der Waals surface area contributed by atoms with E-state index in [9.17, 15) is 9.90 Å². The largest absolute Gasteiger partial charge is 0.481 e. The van der Waals surface area contributed by atoms with E-state index in [1.54, 1.807) is 14.2 Å². The molecule has 0 amide bonds. The van der Waals surface area contributed by atoms with Crippen LogP contribution in [-0.2, 0) is 14.3 Å². The lowest BCUT2D eigenvalue weighted by molar-refractivity contribution is -0.149. The molecule has 5 nitrogen and oxygen atoms in total. The van der Waals surface area contributed by atoms with Gasteiger partial charge in [-0.05, 0) is 13.3 Å². The second kappa shape index (κ2) is 6.50. The predicted molar refractivity (Wildman–Crippen MR) is 68.7 cm³/mol. The molecule has 0 aliphatic carbocycles. The van der Waals surface area contributed by atoms with Crippen molar-refractivity contribution in [2.75, 3.05) is 33.9 Å². The van der Waals surface area contributed by atoms with Gasteiger partial charge in [0.15, 0.2) is 0 Å². The molecule has 0 spiro atoms. The number of ether oxygens (including phenoxy) is 2. The van der Waals surface area contributed by atoms with Gasteiger partial charge < -0.3 is 14.6 Å². The molecule has 1 aliphatic heterocycles. The highest BCUT2D eigenvalue weighted by molar-refractivity contribution is 5.74. The zero-order chi connectivity index (χ0) is 13.8. The molecule has 1 aliphatic rings. The van der Waals surface area contributed by atoms with Crippen LogP contribution in [0.5, 0.6) is 0 Å². The van der Waals surface area contributed by atoms with Gasteiger partial charge in [-0.15, -0.1) is 0 Å². The number of likely N-dealkylation sites (tertiary alicyclic amines) is 1. The van der Waals surface area contributed by atoms with E-state index in [1.807, 2.05) is 13.8 Å². The fourth-order valence-corrected chi connectivity index (χ4v) is 2.70. The van der Waals surface area contributed by atoms with Crippen molar-refractivity contribution >= 4 is 5.97 Å². The quantitative estimate of drug-likeness (QED) is 0.745. The van der Waals surface area contributed by atoms with Gasteiger partial charge in [-0.1, -0.05) is 13.3 Å². The van der Waals surface area contributed by atoms with Crippen LogP contribution in [0.25, 0.3) is 0 Å². The smallest absolute Gasteiger partial charge is 0.310 e. The van der Waals surface area contributed by atoms with Gasteiger partial charge in [0.25, 0.3) is 0 Å². The molecule has 5 heteroatoms. The molecule has 0 aromatic rings. The second-order valence-corrected chi connectivity index (χ2v) is 5.36. The highest BCUT2D eigenvalue weighted by Gasteiger charge is 2.39. The van der Waals surface area contributed by atoms with Crippen LogP contribution >= 0.6 is 0 Å². The average molecular weight is 259 g/mol. The monoisotopic (exact) mass is 259 g/mol. The van der Waals surface area contributed by atoms with Gasteiger partial charge in [-0.2, -0.15) is 0 Å². The van der Waals surface area contributed by atoms with Crippen molar-refractivity contribution in [3.8, 4) is 0 Å².